The number of hydrogen-bond donors (Lipinski definition) is 1. The summed E-state index contributed by atoms with van der Waals surface area (Å²) in [5, 5.41) is 3.50. The van der Waals surface area contributed by atoms with Gasteiger partial charge in [0.15, 0.2) is 0 Å². The summed E-state index contributed by atoms with van der Waals surface area (Å²) in [5.41, 5.74) is 5.19. The van der Waals surface area contributed by atoms with Crippen LogP contribution >= 0.6 is 0 Å². The second-order valence-electron chi connectivity index (χ2n) is 4.58. The van der Waals surface area contributed by atoms with Crippen molar-refractivity contribution in [2.45, 2.75) is 26.8 Å². The summed E-state index contributed by atoms with van der Waals surface area (Å²) in [5.74, 6) is 0. The highest BCUT2D eigenvalue weighted by molar-refractivity contribution is 5.45. The van der Waals surface area contributed by atoms with E-state index in [1.807, 2.05) is 6.07 Å². The Hall–Kier alpha value is -1.76. The minimum absolute atomic E-state index is 0.330. The van der Waals surface area contributed by atoms with Crippen molar-refractivity contribution in [1.29, 1.82) is 0 Å². The van der Waals surface area contributed by atoms with Gasteiger partial charge in [0.1, 0.15) is 0 Å². The molecule has 0 spiro atoms. The molecule has 1 heteroatoms. The Morgan fingerprint density at radius 1 is 0.882 bits per heavy atom. The van der Waals surface area contributed by atoms with Crippen molar-refractivity contribution in [3.8, 4) is 0 Å². The number of aryl methyl sites for hydroxylation is 2. The van der Waals surface area contributed by atoms with Crippen molar-refractivity contribution in [1.82, 2.24) is 0 Å². The number of benzene rings is 2. The lowest BCUT2D eigenvalue weighted by atomic mass is 10.0. The van der Waals surface area contributed by atoms with Crippen LogP contribution in [-0.2, 0) is 0 Å². The van der Waals surface area contributed by atoms with Crippen LogP contribution in [0.1, 0.15) is 29.7 Å². The van der Waals surface area contributed by atoms with Crippen LogP contribution in [0.15, 0.2) is 48.5 Å². The molecule has 1 atom stereocenters. The molecule has 2 aromatic carbocycles. The summed E-state index contributed by atoms with van der Waals surface area (Å²) in [6, 6.07) is 17.3. The molecule has 1 N–H and O–H groups in total. The maximum atomic E-state index is 3.50. The van der Waals surface area contributed by atoms with E-state index in [1.165, 1.54) is 22.4 Å². The Morgan fingerprint density at radius 3 is 2.24 bits per heavy atom. The first-order valence-corrected chi connectivity index (χ1v) is 6.05. The van der Waals surface area contributed by atoms with Crippen molar-refractivity contribution in [2.75, 3.05) is 5.32 Å². The van der Waals surface area contributed by atoms with Crippen molar-refractivity contribution in [3.05, 3.63) is 65.2 Å². The lowest BCUT2D eigenvalue weighted by Crippen LogP contribution is -2.06. The SMILES string of the molecule is Cc1ccc(C(C)Nc2ccccc2)cc1C. The van der Waals surface area contributed by atoms with Crippen LogP contribution in [0.4, 0.5) is 5.69 Å². The van der Waals surface area contributed by atoms with Gasteiger partial charge in [-0.1, -0.05) is 36.4 Å². The zero-order chi connectivity index (χ0) is 12.3. The minimum atomic E-state index is 0.330. The third-order valence-electron chi connectivity index (χ3n) is 3.19. The Balaban J connectivity index is 2.14. The third kappa shape index (κ3) is 2.88. The van der Waals surface area contributed by atoms with Crippen LogP contribution < -0.4 is 5.32 Å². The molecule has 0 saturated carbocycles. The number of rotatable bonds is 3. The molecule has 0 aromatic heterocycles. The number of anilines is 1. The van der Waals surface area contributed by atoms with E-state index >= 15 is 0 Å². The highest BCUT2D eigenvalue weighted by Crippen LogP contribution is 2.21. The molecule has 0 aliphatic heterocycles. The quantitative estimate of drug-likeness (QED) is 0.812. The molecule has 17 heavy (non-hydrogen) atoms. The predicted molar refractivity (Wildman–Crippen MR) is 74.4 cm³/mol. The van der Waals surface area contributed by atoms with Gasteiger partial charge in [0, 0.05) is 11.7 Å². The average molecular weight is 225 g/mol. The topological polar surface area (TPSA) is 12.0 Å². The molecule has 0 heterocycles. The first kappa shape index (κ1) is 11.7. The first-order chi connectivity index (χ1) is 8.16. The van der Waals surface area contributed by atoms with Gasteiger partial charge in [-0.2, -0.15) is 0 Å². The van der Waals surface area contributed by atoms with E-state index in [1.54, 1.807) is 0 Å². The molecule has 2 rings (SSSR count). The normalized spacial score (nSPS) is 12.2. The fraction of sp³-hybridized carbons (Fsp3) is 0.250. The van der Waals surface area contributed by atoms with E-state index < -0.39 is 0 Å². The number of nitrogens with one attached hydrogen (secondary N) is 1. The zero-order valence-electron chi connectivity index (χ0n) is 10.7. The van der Waals surface area contributed by atoms with Gasteiger partial charge in [0.25, 0.3) is 0 Å². The monoisotopic (exact) mass is 225 g/mol. The summed E-state index contributed by atoms with van der Waals surface area (Å²) in [4.78, 5) is 0. The molecule has 2 aromatic rings. The fourth-order valence-corrected chi connectivity index (χ4v) is 1.90. The van der Waals surface area contributed by atoms with E-state index in [0.29, 0.717) is 6.04 Å². The second-order valence-corrected chi connectivity index (χ2v) is 4.58. The molecule has 0 aliphatic carbocycles. The maximum absolute atomic E-state index is 3.50. The average Bonchev–Trinajstić information content (AvgIpc) is 2.34. The summed E-state index contributed by atoms with van der Waals surface area (Å²) in [6.07, 6.45) is 0. The first-order valence-electron chi connectivity index (χ1n) is 6.05. The Morgan fingerprint density at radius 2 is 1.59 bits per heavy atom. The zero-order valence-corrected chi connectivity index (χ0v) is 10.7. The standard InChI is InChI=1S/C16H19N/c1-12-9-10-15(11-13(12)2)14(3)17-16-7-5-4-6-8-16/h4-11,14,17H,1-3H3. The lowest BCUT2D eigenvalue weighted by molar-refractivity contribution is 0.882. The number of hydrogen-bond acceptors (Lipinski definition) is 1. The smallest absolute Gasteiger partial charge is 0.0485 e. The number of para-hydroxylation sites is 1. The molecule has 0 aliphatic rings. The van der Waals surface area contributed by atoms with E-state index in [0.717, 1.165) is 0 Å². The van der Waals surface area contributed by atoms with Crippen molar-refractivity contribution < 1.29 is 0 Å². The van der Waals surface area contributed by atoms with Gasteiger partial charge >= 0.3 is 0 Å². The van der Waals surface area contributed by atoms with Crippen LogP contribution in [0.3, 0.4) is 0 Å². The fourth-order valence-electron chi connectivity index (χ4n) is 1.90. The van der Waals surface area contributed by atoms with Gasteiger partial charge in [-0.15, -0.1) is 0 Å². The van der Waals surface area contributed by atoms with E-state index in [2.05, 4.69) is 68.6 Å². The van der Waals surface area contributed by atoms with Gasteiger partial charge in [-0.05, 0) is 49.6 Å². The summed E-state index contributed by atoms with van der Waals surface area (Å²) in [7, 11) is 0. The van der Waals surface area contributed by atoms with Gasteiger partial charge in [0.2, 0.25) is 0 Å². The third-order valence-corrected chi connectivity index (χ3v) is 3.19. The molecular formula is C16H19N. The molecule has 0 bridgehead atoms. The van der Waals surface area contributed by atoms with Crippen molar-refractivity contribution in [2.24, 2.45) is 0 Å². The summed E-state index contributed by atoms with van der Waals surface area (Å²) in [6.45, 7) is 6.50. The molecule has 0 saturated heterocycles. The molecule has 0 fully saturated rings. The van der Waals surface area contributed by atoms with Crippen LogP contribution in [0.5, 0.6) is 0 Å². The van der Waals surface area contributed by atoms with E-state index in [-0.39, 0.29) is 0 Å². The maximum Gasteiger partial charge on any atom is 0.0485 e. The van der Waals surface area contributed by atoms with Gasteiger partial charge in [-0.25, -0.2) is 0 Å². The molecule has 88 valence electrons. The molecule has 0 radical (unpaired) electrons. The van der Waals surface area contributed by atoms with Crippen LogP contribution in [-0.4, -0.2) is 0 Å². The molecule has 1 unspecified atom stereocenters. The van der Waals surface area contributed by atoms with Crippen molar-refractivity contribution >= 4 is 5.69 Å². The largest absolute Gasteiger partial charge is 0.379 e. The Kier molecular flexibility index (Phi) is 3.48. The highest BCUT2D eigenvalue weighted by Gasteiger charge is 2.05. The van der Waals surface area contributed by atoms with Gasteiger partial charge in [0.05, 0.1) is 0 Å². The summed E-state index contributed by atoms with van der Waals surface area (Å²) >= 11 is 0. The second kappa shape index (κ2) is 5.05. The predicted octanol–water partition coefficient (Wildman–Crippen LogP) is 4.48. The Labute approximate surface area is 103 Å². The van der Waals surface area contributed by atoms with Crippen LogP contribution in [0, 0.1) is 13.8 Å². The highest BCUT2D eigenvalue weighted by atomic mass is 14.9. The van der Waals surface area contributed by atoms with Crippen LogP contribution in [0.2, 0.25) is 0 Å². The molecule has 0 amide bonds. The lowest BCUT2D eigenvalue weighted by Gasteiger charge is -2.16. The van der Waals surface area contributed by atoms with Crippen molar-refractivity contribution in [3.63, 3.8) is 0 Å². The van der Waals surface area contributed by atoms with Gasteiger partial charge in [-0.3, -0.25) is 0 Å². The molecule has 1 nitrogen and oxygen atoms in total. The van der Waals surface area contributed by atoms with E-state index in [9.17, 15) is 0 Å². The Bertz CT molecular complexity index is 488. The van der Waals surface area contributed by atoms with Gasteiger partial charge < -0.3 is 5.32 Å². The minimum Gasteiger partial charge on any atom is -0.379 e. The van der Waals surface area contributed by atoms with E-state index in [4.69, 9.17) is 0 Å². The molecular weight excluding hydrogens is 206 g/mol. The van der Waals surface area contributed by atoms with Crippen LogP contribution in [0.25, 0.3) is 0 Å². The summed E-state index contributed by atoms with van der Waals surface area (Å²) < 4.78 is 0.